The van der Waals surface area contributed by atoms with Crippen LogP contribution in [-0.2, 0) is 0 Å². The van der Waals surface area contributed by atoms with E-state index in [9.17, 15) is 9.90 Å². The Balaban J connectivity index is 2.01. The second kappa shape index (κ2) is 6.08. The first-order chi connectivity index (χ1) is 9.10. The summed E-state index contributed by atoms with van der Waals surface area (Å²) in [4.78, 5) is 11.8. The molecule has 5 heteroatoms. The second-order valence-electron chi connectivity index (χ2n) is 4.40. The Morgan fingerprint density at radius 1 is 1.47 bits per heavy atom. The Hall–Kier alpha value is -1.52. The molecular weight excluding hydrogens is 266 g/mol. The number of hydrogen-bond donors (Lipinski definition) is 2. The quantitative estimate of drug-likeness (QED) is 0.886. The zero-order valence-electron chi connectivity index (χ0n) is 10.6. The molecule has 0 aliphatic rings. The summed E-state index contributed by atoms with van der Waals surface area (Å²) in [5.41, 5.74) is 0.628. The zero-order valence-corrected chi connectivity index (χ0v) is 11.4. The summed E-state index contributed by atoms with van der Waals surface area (Å²) < 4.78 is 5.44. The Kier molecular flexibility index (Phi) is 4.45. The van der Waals surface area contributed by atoms with Crippen LogP contribution in [0.3, 0.4) is 0 Å². The summed E-state index contributed by atoms with van der Waals surface area (Å²) in [7, 11) is 0. The summed E-state index contributed by atoms with van der Waals surface area (Å²) in [5.74, 6) is -0.0288. The maximum Gasteiger partial charge on any atom is 0.287 e. The highest BCUT2D eigenvalue weighted by atomic mass is 35.5. The molecule has 4 nitrogen and oxygen atoms in total. The van der Waals surface area contributed by atoms with Gasteiger partial charge in [-0.3, -0.25) is 4.79 Å². The van der Waals surface area contributed by atoms with Crippen molar-refractivity contribution in [2.75, 3.05) is 6.54 Å². The summed E-state index contributed by atoms with van der Waals surface area (Å²) in [6.45, 7) is 2.32. The number of benzene rings is 1. The Labute approximate surface area is 116 Å². The van der Waals surface area contributed by atoms with E-state index in [2.05, 4.69) is 5.32 Å². The van der Waals surface area contributed by atoms with Crippen LogP contribution in [0.1, 0.15) is 30.3 Å². The summed E-state index contributed by atoms with van der Waals surface area (Å²) in [5, 5.41) is 13.5. The standard InChI is InChI=1S/C14H16ClNO3/c1-2-11(17)5-6-16-14(18)13-8-9-7-10(15)3-4-12(9)19-13/h3-4,7-8,11,17H,2,5-6H2,1H3,(H,16,18). The number of rotatable bonds is 5. The molecule has 2 rings (SSSR count). The fraction of sp³-hybridized carbons (Fsp3) is 0.357. The van der Waals surface area contributed by atoms with Gasteiger partial charge in [0.05, 0.1) is 6.10 Å². The van der Waals surface area contributed by atoms with Crippen LogP contribution in [0.15, 0.2) is 28.7 Å². The van der Waals surface area contributed by atoms with Crippen LogP contribution < -0.4 is 5.32 Å². The van der Waals surface area contributed by atoms with Crippen molar-refractivity contribution in [1.82, 2.24) is 5.32 Å². The number of fused-ring (bicyclic) bond motifs is 1. The Bertz CT molecular complexity index is 579. The topological polar surface area (TPSA) is 62.5 Å². The van der Waals surface area contributed by atoms with Gasteiger partial charge in [0, 0.05) is 17.0 Å². The monoisotopic (exact) mass is 281 g/mol. The van der Waals surface area contributed by atoms with Gasteiger partial charge in [-0.15, -0.1) is 0 Å². The summed E-state index contributed by atoms with van der Waals surface area (Å²) in [6, 6.07) is 6.85. The summed E-state index contributed by atoms with van der Waals surface area (Å²) >= 11 is 5.87. The van der Waals surface area contributed by atoms with E-state index in [1.807, 2.05) is 6.92 Å². The molecule has 2 N–H and O–H groups in total. The molecule has 0 saturated heterocycles. The van der Waals surface area contributed by atoms with Crippen molar-refractivity contribution in [3.8, 4) is 0 Å². The first kappa shape index (κ1) is 13.9. The van der Waals surface area contributed by atoms with Crippen molar-refractivity contribution in [3.63, 3.8) is 0 Å². The molecule has 102 valence electrons. The Morgan fingerprint density at radius 3 is 3.00 bits per heavy atom. The highest BCUT2D eigenvalue weighted by Crippen LogP contribution is 2.22. The lowest BCUT2D eigenvalue weighted by Crippen LogP contribution is -2.26. The van der Waals surface area contributed by atoms with Crippen molar-refractivity contribution in [3.05, 3.63) is 35.0 Å². The minimum atomic E-state index is -0.380. The number of furan rings is 1. The molecule has 0 bridgehead atoms. The van der Waals surface area contributed by atoms with Crippen molar-refractivity contribution in [2.45, 2.75) is 25.9 Å². The molecule has 1 amide bonds. The van der Waals surface area contributed by atoms with Crippen LogP contribution in [0.5, 0.6) is 0 Å². The normalized spacial score (nSPS) is 12.6. The second-order valence-corrected chi connectivity index (χ2v) is 4.84. The molecule has 19 heavy (non-hydrogen) atoms. The summed E-state index contributed by atoms with van der Waals surface area (Å²) in [6.07, 6.45) is 0.836. The molecule has 1 aromatic carbocycles. The van der Waals surface area contributed by atoms with Crippen LogP contribution in [0.25, 0.3) is 11.0 Å². The number of halogens is 1. The lowest BCUT2D eigenvalue weighted by Gasteiger charge is -2.07. The number of aliphatic hydroxyl groups is 1. The van der Waals surface area contributed by atoms with Crippen LogP contribution in [-0.4, -0.2) is 23.7 Å². The molecule has 0 spiro atoms. The first-order valence-corrected chi connectivity index (χ1v) is 6.63. The highest BCUT2D eigenvalue weighted by molar-refractivity contribution is 6.31. The maximum atomic E-state index is 11.8. The van der Waals surface area contributed by atoms with Gasteiger partial charge in [0.15, 0.2) is 5.76 Å². The van der Waals surface area contributed by atoms with Gasteiger partial charge in [0.1, 0.15) is 5.58 Å². The predicted octanol–water partition coefficient (Wildman–Crippen LogP) is 2.98. The number of nitrogens with one attached hydrogen (secondary N) is 1. The average molecular weight is 282 g/mol. The molecule has 1 aromatic heterocycles. The van der Waals surface area contributed by atoms with Gasteiger partial charge >= 0.3 is 0 Å². The van der Waals surface area contributed by atoms with E-state index in [0.29, 0.717) is 30.0 Å². The van der Waals surface area contributed by atoms with Crippen molar-refractivity contribution < 1.29 is 14.3 Å². The van der Waals surface area contributed by atoms with Crippen LogP contribution >= 0.6 is 11.6 Å². The van der Waals surface area contributed by atoms with Gasteiger partial charge in [-0.2, -0.15) is 0 Å². The van der Waals surface area contributed by atoms with Gasteiger partial charge < -0.3 is 14.8 Å². The molecule has 0 aliphatic heterocycles. The number of aliphatic hydroxyl groups excluding tert-OH is 1. The Morgan fingerprint density at radius 2 is 2.26 bits per heavy atom. The highest BCUT2D eigenvalue weighted by Gasteiger charge is 2.12. The lowest BCUT2D eigenvalue weighted by molar-refractivity contribution is 0.0916. The minimum Gasteiger partial charge on any atom is -0.451 e. The molecule has 0 saturated carbocycles. The molecule has 0 aliphatic carbocycles. The van der Waals surface area contributed by atoms with E-state index >= 15 is 0 Å². The average Bonchev–Trinajstić information content (AvgIpc) is 2.81. The van der Waals surface area contributed by atoms with E-state index < -0.39 is 0 Å². The molecule has 1 unspecified atom stereocenters. The van der Waals surface area contributed by atoms with E-state index in [0.717, 1.165) is 5.39 Å². The third-order valence-electron chi connectivity index (χ3n) is 2.94. The van der Waals surface area contributed by atoms with Crippen LogP contribution in [0.4, 0.5) is 0 Å². The molecule has 0 fully saturated rings. The molecule has 0 radical (unpaired) electrons. The van der Waals surface area contributed by atoms with Gasteiger partial charge in [-0.1, -0.05) is 18.5 Å². The fourth-order valence-electron chi connectivity index (χ4n) is 1.77. The third-order valence-corrected chi connectivity index (χ3v) is 3.17. The van der Waals surface area contributed by atoms with Crippen molar-refractivity contribution in [1.29, 1.82) is 0 Å². The van der Waals surface area contributed by atoms with Crippen molar-refractivity contribution >= 4 is 28.5 Å². The predicted molar refractivity (Wildman–Crippen MR) is 74.5 cm³/mol. The zero-order chi connectivity index (χ0) is 13.8. The van der Waals surface area contributed by atoms with E-state index in [1.54, 1.807) is 24.3 Å². The molecule has 2 aromatic rings. The number of carbonyl (C=O) groups excluding carboxylic acids is 1. The van der Waals surface area contributed by atoms with Gasteiger partial charge in [0.25, 0.3) is 5.91 Å². The third kappa shape index (κ3) is 3.49. The van der Waals surface area contributed by atoms with Crippen LogP contribution in [0.2, 0.25) is 5.02 Å². The number of carbonyl (C=O) groups is 1. The maximum absolute atomic E-state index is 11.8. The van der Waals surface area contributed by atoms with E-state index in [1.165, 1.54) is 0 Å². The smallest absolute Gasteiger partial charge is 0.287 e. The van der Waals surface area contributed by atoms with Gasteiger partial charge in [0.2, 0.25) is 0 Å². The number of amides is 1. The fourth-order valence-corrected chi connectivity index (χ4v) is 1.95. The largest absolute Gasteiger partial charge is 0.451 e. The lowest BCUT2D eigenvalue weighted by atomic mass is 10.2. The van der Waals surface area contributed by atoms with Gasteiger partial charge in [-0.05, 0) is 37.1 Å². The molecule has 1 atom stereocenters. The molecular formula is C14H16ClNO3. The SMILES string of the molecule is CCC(O)CCNC(=O)c1cc2cc(Cl)ccc2o1. The van der Waals surface area contributed by atoms with Crippen LogP contribution in [0, 0.1) is 0 Å². The van der Waals surface area contributed by atoms with Gasteiger partial charge in [-0.25, -0.2) is 0 Å². The van der Waals surface area contributed by atoms with Crippen molar-refractivity contribution in [2.24, 2.45) is 0 Å². The van der Waals surface area contributed by atoms with E-state index in [4.69, 9.17) is 16.0 Å². The van der Waals surface area contributed by atoms with E-state index in [-0.39, 0.29) is 17.8 Å². The number of hydrogen-bond acceptors (Lipinski definition) is 3. The molecule has 1 heterocycles. The minimum absolute atomic E-state index is 0.253. The first-order valence-electron chi connectivity index (χ1n) is 6.25.